The van der Waals surface area contributed by atoms with E-state index in [0.29, 0.717) is 11.7 Å². The molecule has 0 aliphatic heterocycles. The number of fused-ring (bicyclic) bond motifs is 2. The number of imidazole rings is 1. The minimum atomic E-state index is 0.558. The molecule has 0 saturated carbocycles. The summed E-state index contributed by atoms with van der Waals surface area (Å²) in [6.45, 7) is 1.42. The zero-order valence-electron chi connectivity index (χ0n) is 12.3. The standard InChI is InChI=1S/C16H18ClN5/c17-16-14(22-8-4-3-7-15(22)19-16)10-18-9-13-11-5-1-2-6-12(11)20-21-13/h3-4,7-8,18H,1-2,5-6,9-10H2,(H,20,21). The van der Waals surface area contributed by atoms with E-state index in [1.54, 1.807) is 0 Å². The number of rotatable bonds is 4. The van der Waals surface area contributed by atoms with Crippen LogP contribution in [-0.2, 0) is 25.9 Å². The monoisotopic (exact) mass is 315 g/mol. The van der Waals surface area contributed by atoms with Crippen LogP contribution in [0, 0.1) is 0 Å². The first-order chi connectivity index (χ1) is 10.8. The van der Waals surface area contributed by atoms with Gasteiger partial charge >= 0.3 is 0 Å². The van der Waals surface area contributed by atoms with Crippen molar-refractivity contribution in [2.45, 2.75) is 38.8 Å². The summed E-state index contributed by atoms with van der Waals surface area (Å²) >= 11 is 6.25. The minimum Gasteiger partial charge on any atom is -0.305 e. The number of hydrogen-bond donors (Lipinski definition) is 2. The van der Waals surface area contributed by atoms with E-state index in [0.717, 1.165) is 36.4 Å². The second-order valence-corrected chi connectivity index (χ2v) is 6.07. The van der Waals surface area contributed by atoms with E-state index in [9.17, 15) is 0 Å². The molecule has 0 spiro atoms. The van der Waals surface area contributed by atoms with Crippen molar-refractivity contribution in [2.24, 2.45) is 0 Å². The topological polar surface area (TPSA) is 58.0 Å². The van der Waals surface area contributed by atoms with E-state index in [1.165, 1.54) is 24.1 Å². The molecule has 0 bridgehead atoms. The molecule has 0 radical (unpaired) electrons. The van der Waals surface area contributed by atoms with Crippen molar-refractivity contribution >= 4 is 17.2 Å². The summed E-state index contributed by atoms with van der Waals surface area (Å²) < 4.78 is 2.02. The van der Waals surface area contributed by atoms with Gasteiger partial charge in [-0.2, -0.15) is 5.10 Å². The van der Waals surface area contributed by atoms with Crippen LogP contribution in [0.2, 0.25) is 5.15 Å². The highest BCUT2D eigenvalue weighted by Crippen LogP contribution is 2.22. The zero-order chi connectivity index (χ0) is 14.9. The Morgan fingerprint density at radius 1 is 1.23 bits per heavy atom. The summed E-state index contributed by atoms with van der Waals surface area (Å²) in [6.07, 6.45) is 6.78. The molecule has 3 aromatic rings. The van der Waals surface area contributed by atoms with Crippen LogP contribution in [0.3, 0.4) is 0 Å². The molecule has 1 aliphatic carbocycles. The maximum atomic E-state index is 6.25. The average Bonchev–Trinajstić information content (AvgIpc) is 3.09. The van der Waals surface area contributed by atoms with Gasteiger partial charge in [0.2, 0.25) is 0 Å². The number of aryl methyl sites for hydroxylation is 1. The SMILES string of the molecule is Clc1nc2ccccn2c1CNCc1n[nH]c2c1CCCC2. The Balaban J connectivity index is 1.48. The Labute approximate surface area is 133 Å². The van der Waals surface area contributed by atoms with Crippen LogP contribution in [-0.4, -0.2) is 19.6 Å². The van der Waals surface area contributed by atoms with E-state index in [2.05, 4.69) is 20.5 Å². The Morgan fingerprint density at radius 2 is 2.14 bits per heavy atom. The Bertz CT molecular complexity index is 804. The van der Waals surface area contributed by atoms with Crippen molar-refractivity contribution in [1.29, 1.82) is 0 Å². The molecule has 0 amide bonds. The highest BCUT2D eigenvalue weighted by atomic mass is 35.5. The van der Waals surface area contributed by atoms with Crippen molar-refractivity contribution in [1.82, 2.24) is 24.9 Å². The van der Waals surface area contributed by atoms with Gasteiger partial charge < -0.3 is 9.72 Å². The number of hydrogen-bond acceptors (Lipinski definition) is 3. The van der Waals surface area contributed by atoms with E-state index in [1.807, 2.05) is 28.8 Å². The smallest absolute Gasteiger partial charge is 0.152 e. The third-order valence-corrected chi connectivity index (χ3v) is 4.61. The summed E-state index contributed by atoms with van der Waals surface area (Å²) in [4.78, 5) is 4.37. The minimum absolute atomic E-state index is 0.558. The Morgan fingerprint density at radius 3 is 3.09 bits per heavy atom. The van der Waals surface area contributed by atoms with Crippen LogP contribution in [0.1, 0.15) is 35.5 Å². The van der Waals surface area contributed by atoms with Gasteiger partial charge in [0.1, 0.15) is 5.65 Å². The Hall–Kier alpha value is -1.85. The largest absolute Gasteiger partial charge is 0.305 e. The van der Waals surface area contributed by atoms with Gasteiger partial charge in [-0.1, -0.05) is 17.7 Å². The Kier molecular flexibility index (Phi) is 3.60. The molecule has 0 saturated heterocycles. The fraction of sp³-hybridized carbons (Fsp3) is 0.375. The quantitative estimate of drug-likeness (QED) is 0.778. The van der Waals surface area contributed by atoms with Crippen LogP contribution in [0.4, 0.5) is 0 Å². The summed E-state index contributed by atoms with van der Waals surface area (Å²) in [5.41, 5.74) is 5.72. The van der Waals surface area contributed by atoms with E-state index < -0.39 is 0 Å². The maximum absolute atomic E-state index is 6.25. The highest BCUT2D eigenvalue weighted by molar-refractivity contribution is 6.30. The fourth-order valence-electron chi connectivity index (χ4n) is 3.17. The first-order valence-corrected chi connectivity index (χ1v) is 8.08. The van der Waals surface area contributed by atoms with Gasteiger partial charge in [0, 0.05) is 25.0 Å². The van der Waals surface area contributed by atoms with Crippen molar-refractivity contribution in [3.8, 4) is 0 Å². The van der Waals surface area contributed by atoms with Gasteiger partial charge in [-0.25, -0.2) is 4.98 Å². The van der Waals surface area contributed by atoms with Crippen LogP contribution >= 0.6 is 11.6 Å². The van der Waals surface area contributed by atoms with E-state index in [4.69, 9.17) is 11.6 Å². The number of nitrogens with zero attached hydrogens (tertiary/aromatic N) is 3. The van der Waals surface area contributed by atoms with Gasteiger partial charge in [-0.3, -0.25) is 5.10 Å². The second-order valence-electron chi connectivity index (χ2n) is 5.72. The van der Waals surface area contributed by atoms with Crippen LogP contribution in [0.25, 0.3) is 5.65 Å². The van der Waals surface area contributed by atoms with Crippen LogP contribution in [0.5, 0.6) is 0 Å². The summed E-state index contributed by atoms with van der Waals surface area (Å²) in [5.74, 6) is 0. The summed E-state index contributed by atoms with van der Waals surface area (Å²) in [6, 6.07) is 5.91. The molecule has 1 aliphatic rings. The van der Waals surface area contributed by atoms with Crippen molar-refractivity contribution < 1.29 is 0 Å². The summed E-state index contributed by atoms with van der Waals surface area (Å²) in [5, 5.41) is 11.6. The molecular weight excluding hydrogens is 298 g/mol. The molecule has 3 heterocycles. The number of nitrogens with one attached hydrogen (secondary N) is 2. The van der Waals surface area contributed by atoms with Gasteiger partial charge in [0.15, 0.2) is 5.15 Å². The molecule has 0 aromatic carbocycles. The van der Waals surface area contributed by atoms with E-state index >= 15 is 0 Å². The third kappa shape index (κ3) is 2.40. The van der Waals surface area contributed by atoms with Crippen LogP contribution < -0.4 is 5.32 Å². The normalized spacial score (nSPS) is 14.4. The molecule has 114 valence electrons. The summed E-state index contributed by atoms with van der Waals surface area (Å²) in [7, 11) is 0. The predicted octanol–water partition coefficient (Wildman–Crippen LogP) is 2.88. The fourth-order valence-corrected chi connectivity index (χ4v) is 3.42. The highest BCUT2D eigenvalue weighted by Gasteiger charge is 2.16. The van der Waals surface area contributed by atoms with E-state index in [-0.39, 0.29) is 0 Å². The molecule has 4 rings (SSSR count). The molecule has 5 nitrogen and oxygen atoms in total. The number of H-pyrrole nitrogens is 1. The van der Waals surface area contributed by atoms with Crippen molar-refractivity contribution in [2.75, 3.05) is 0 Å². The van der Waals surface area contributed by atoms with Crippen LogP contribution in [0.15, 0.2) is 24.4 Å². The predicted molar refractivity (Wildman–Crippen MR) is 86.0 cm³/mol. The molecule has 0 atom stereocenters. The molecule has 2 N–H and O–H groups in total. The lowest BCUT2D eigenvalue weighted by molar-refractivity contribution is 0.644. The average molecular weight is 316 g/mol. The first-order valence-electron chi connectivity index (χ1n) is 7.70. The van der Waals surface area contributed by atoms with Gasteiger partial charge in [-0.05, 0) is 43.4 Å². The number of pyridine rings is 1. The molecule has 3 aromatic heterocycles. The molecule has 6 heteroatoms. The van der Waals surface area contributed by atoms with Gasteiger partial charge in [0.05, 0.1) is 11.4 Å². The lowest BCUT2D eigenvalue weighted by atomic mass is 9.96. The number of halogens is 1. The van der Waals surface area contributed by atoms with Gasteiger partial charge in [-0.15, -0.1) is 0 Å². The molecule has 0 fully saturated rings. The number of aromatic nitrogens is 4. The molecule has 0 unspecified atom stereocenters. The number of aromatic amines is 1. The maximum Gasteiger partial charge on any atom is 0.152 e. The zero-order valence-corrected chi connectivity index (χ0v) is 13.0. The van der Waals surface area contributed by atoms with Crippen molar-refractivity contribution in [3.05, 3.63) is 52.2 Å². The lowest BCUT2D eigenvalue weighted by Gasteiger charge is -2.11. The first kappa shape index (κ1) is 13.8. The van der Waals surface area contributed by atoms with Gasteiger partial charge in [0.25, 0.3) is 0 Å². The molecule has 22 heavy (non-hydrogen) atoms. The lowest BCUT2D eigenvalue weighted by Crippen LogP contribution is -2.16. The second kappa shape index (κ2) is 5.74. The molecular formula is C16H18ClN5. The third-order valence-electron chi connectivity index (χ3n) is 4.31. The van der Waals surface area contributed by atoms with Crippen molar-refractivity contribution in [3.63, 3.8) is 0 Å².